The van der Waals surface area contributed by atoms with Crippen LogP contribution in [0.5, 0.6) is 0 Å². The van der Waals surface area contributed by atoms with Crippen LogP contribution in [0, 0.1) is 0 Å². The quantitative estimate of drug-likeness (QED) is 0.341. The van der Waals surface area contributed by atoms with Gasteiger partial charge in [-0.25, -0.2) is 19.9 Å². The van der Waals surface area contributed by atoms with Crippen LogP contribution >= 0.6 is 11.3 Å². The zero-order valence-electron chi connectivity index (χ0n) is 22.1. The highest BCUT2D eigenvalue weighted by Crippen LogP contribution is 2.47. The van der Waals surface area contributed by atoms with Gasteiger partial charge in [-0.3, -0.25) is 4.79 Å². The van der Waals surface area contributed by atoms with Crippen LogP contribution in [0.25, 0.3) is 22.4 Å². The Bertz CT molecular complexity index is 1430. The summed E-state index contributed by atoms with van der Waals surface area (Å²) in [7, 11) is 0. The molecule has 0 N–H and O–H groups in total. The van der Waals surface area contributed by atoms with Crippen molar-refractivity contribution in [3.63, 3.8) is 0 Å². The smallest absolute Gasteiger partial charge is 0.242 e. The predicted molar refractivity (Wildman–Crippen MR) is 147 cm³/mol. The van der Waals surface area contributed by atoms with Crippen molar-refractivity contribution in [1.29, 1.82) is 0 Å². The fourth-order valence-corrected chi connectivity index (χ4v) is 6.11. The van der Waals surface area contributed by atoms with E-state index in [0.29, 0.717) is 5.92 Å². The standard InChI is InChI=1S/C29H34N6OS/c1-28(2,3)24-15-22(32-27(33-24)29(4)9-10-29)20-14-23(37-17-20)19-7-12-34(13-8-19)25(36)16-35-18-31-21-6-5-11-30-26(21)35/h5-6,11,14-15,17-19H,7-10,12-13,16H2,1-4H3. The van der Waals surface area contributed by atoms with Crippen molar-refractivity contribution in [2.75, 3.05) is 13.1 Å². The molecule has 37 heavy (non-hydrogen) atoms. The summed E-state index contributed by atoms with van der Waals surface area (Å²) in [6.07, 6.45) is 7.75. The minimum Gasteiger partial charge on any atom is -0.341 e. The molecule has 192 valence electrons. The molecule has 7 nitrogen and oxygen atoms in total. The molecule has 4 aromatic heterocycles. The van der Waals surface area contributed by atoms with E-state index < -0.39 is 0 Å². The Hall–Kier alpha value is -3.13. The lowest BCUT2D eigenvalue weighted by Crippen LogP contribution is -2.39. The maximum Gasteiger partial charge on any atom is 0.242 e. The highest BCUT2D eigenvalue weighted by molar-refractivity contribution is 7.10. The number of pyridine rings is 1. The molecule has 8 heteroatoms. The van der Waals surface area contributed by atoms with Crippen LogP contribution in [-0.2, 0) is 22.2 Å². The molecule has 2 fully saturated rings. The van der Waals surface area contributed by atoms with Gasteiger partial charge in [-0.1, -0.05) is 27.7 Å². The lowest BCUT2D eigenvalue weighted by Gasteiger charge is -2.31. The molecule has 6 rings (SSSR count). The van der Waals surface area contributed by atoms with Crippen LogP contribution in [0.3, 0.4) is 0 Å². The van der Waals surface area contributed by atoms with Gasteiger partial charge in [0.1, 0.15) is 17.9 Å². The Labute approximate surface area is 222 Å². The van der Waals surface area contributed by atoms with E-state index in [9.17, 15) is 4.79 Å². The molecule has 1 aliphatic heterocycles. The zero-order valence-corrected chi connectivity index (χ0v) is 22.9. The van der Waals surface area contributed by atoms with E-state index in [4.69, 9.17) is 9.97 Å². The van der Waals surface area contributed by atoms with Crippen molar-refractivity contribution in [3.8, 4) is 11.3 Å². The summed E-state index contributed by atoms with van der Waals surface area (Å²) in [5.74, 6) is 1.60. The van der Waals surface area contributed by atoms with E-state index >= 15 is 0 Å². The molecular weight excluding hydrogens is 480 g/mol. The first-order valence-electron chi connectivity index (χ1n) is 13.2. The van der Waals surface area contributed by atoms with E-state index in [-0.39, 0.29) is 23.3 Å². The fraction of sp³-hybridized carbons (Fsp3) is 0.483. The first-order chi connectivity index (χ1) is 17.7. The number of nitrogens with zero attached hydrogens (tertiary/aromatic N) is 6. The molecule has 1 aliphatic carbocycles. The lowest BCUT2D eigenvalue weighted by atomic mass is 9.90. The Morgan fingerprint density at radius 3 is 2.65 bits per heavy atom. The molecule has 0 atom stereocenters. The molecule has 0 radical (unpaired) electrons. The number of aromatic nitrogens is 5. The van der Waals surface area contributed by atoms with Crippen molar-refractivity contribution >= 4 is 28.4 Å². The number of amides is 1. The topological polar surface area (TPSA) is 76.8 Å². The van der Waals surface area contributed by atoms with E-state index in [1.165, 1.54) is 23.3 Å². The molecule has 0 aromatic carbocycles. The molecule has 1 saturated heterocycles. The van der Waals surface area contributed by atoms with Crippen molar-refractivity contribution in [2.24, 2.45) is 0 Å². The second kappa shape index (κ2) is 9.01. The molecule has 0 unspecified atom stereocenters. The maximum absolute atomic E-state index is 13.0. The third-order valence-electron chi connectivity index (χ3n) is 7.88. The normalized spacial score (nSPS) is 17.9. The molecular formula is C29H34N6OS. The number of imidazole rings is 1. The highest BCUT2D eigenvalue weighted by Gasteiger charge is 2.43. The number of rotatable bonds is 5. The van der Waals surface area contributed by atoms with E-state index in [2.05, 4.69) is 55.2 Å². The molecule has 4 aromatic rings. The van der Waals surface area contributed by atoms with E-state index in [0.717, 1.165) is 54.3 Å². The Kier molecular flexibility index (Phi) is 5.90. The minimum atomic E-state index is -0.0189. The minimum absolute atomic E-state index is 0.0189. The monoisotopic (exact) mass is 514 g/mol. The Morgan fingerprint density at radius 1 is 1.14 bits per heavy atom. The summed E-state index contributed by atoms with van der Waals surface area (Å²) in [4.78, 5) is 35.1. The van der Waals surface area contributed by atoms with Crippen LogP contribution < -0.4 is 0 Å². The summed E-state index contributed by atoms with van der Waals surface area (Å²) in [6.45, 7) is 10.8. The summed E-state index contributed by atoms with van der Waals surface area (Å²) in [6, 6.07) is 8.28. The summed E-state index contributed by atoms with van der Waals surface area (Å²) in [5.41, 5.74) is 5.04. The molecule has 5 heterocycles. The van der Waals surface area contributed by atoms with Gasteiger partial charge in [0.05, 0.1) is 17.7 Å². The highest BCUT2D eigenvalue weighted by atomic mass is 32.1. The maximum atomic E-state index is 13.0. The largest absolute Gasteiger partial charge is 0.341 e. The average Bonchev–Trinajstić information content (AvgIpc) is 3.28. The number of carbonyl (C=O) groups is 1. The van der Waals surface area contributed by atoms with Crippen molar-refractivity contribution in [1.82, 2.24) is 29.4 Å². The number of likely N-dealkylation sites (tertiary alicyclic amines) is 1. The van der Waals surface area contributed by atoms with Crippen LogP contribution in [0.15, 0.2) is 42.2 Å². The number of fused-ring (bicyclic) bond motifs is 1. The lowest BCUT2D eigenvalue weighted by molar-refractivity contribution is -0.132. The van der Waals surface area contributed by atoms with Crippen molar-refractivity contribution < 1.29 is 4.79 Å². The second-order valence-electron chi connectivity index (χ2n) is 11.9. The van der Waals surface area contributed by atoms with E-state index in [1.807, 2.05) is 32.9 Å². The molecule has 1 saturated carbocycles. The first-order valence-corrected chi connectivity index (χ1v) is 14.1. The number of hydrogen-bond donors (Lipinski definition) is 0. The zero-order chi connectivity index (χ0) is 25.8. The van der Waals surface area contributed by atoms with Crippen LogP contribution in [-0.4, -0.2) is 48.4 Å². The van der Waals surface area contributed by atoms with Crippen LogP contribution in [0.1, 0.15) is 75.7 Å². The van der Waals surface area contributed by atoms with Gasteiger partial charge in [-0.15, -0.1) is 11.3 Å². The fourth-order valence-electron chi connectivity index (χ4n) is 5.03. The van der Waals surface area contributed by atoms with Gasteiger partial charge >= 0.3 is 0 Å². The third kappa shape index (κ3) is 4.79. The van der Waals surface area contributed by atoms with E-state index in [1.54, 1.807) is 12.5 Å². The van der Waals surface area contributed by atoms with Gasteiger partial charge in [0.15, 0.2) is 5.65 Å². The van der Waals surface area contributed by atoms with Gasteiger partial charge < -0.3 is 9.47 Å². The molecule has 2 aliphatic rings. The first kappa shape index (κ1) is 24.2. The predicted octanol–water partition coefficient (Wildman–Crippen LogP) is 5.71. The molecule has 0 spiro atoms. The number of carbonyl (C=O) groups excluding carboxylic acids is 1. The van der Waals surface area contributed by atoms with Gasteiger partial charge in [0, 0.05) is 45.9 Å². The number of hydrogen-bond acceptors (Lipinski definition) is 6. The second-order valence-corrected chi connectivity index (χ2v) is 12.8. The summed E-state index contributed by atoms with van der Waals surface area (Å²) >= 11 is 1.82. The van der Waals surface area contributed by atoms with Crippen LogP contribution in [0.4, 0.5) is 0 Å². The van der Waals surface area contributed by atoms with Crippen LogP contribution in [0.2, 0.25) is 0 Å². The van der Waals surface area contributed by atoms with Gasteiger partial charge in [0.2, 0.25) is 5.91 Å². The average molecular weight is 515 g/mol. The number of thiophene rings is 1. The third-order valence-corrected chi connectivity index (χ3v) is 8.98. The number of piperidine rings is 1. The van der Waals surface area contributed by atoms with Crippen molar-refractivity contribution in [2.45, 2.75) is 76.7 Å². The van der Waals surface area contributed by atoms with Gasteiger partial charge in [-0.05, 0) is 55.9 Å². The summed E-state index contributed by atoms with van der Waals surface area (Å²) in [5, 5.41) is 2.25. The van der Waals surface area contributed by atoms with Crippen molar-refractivity contribution in [3.05, 3.63) is 58.6 Å². The Morgan fingerprint density at radius 2 is 1.92 bits per heavy atom. The van der Waals surface area contributed by atoms with Gasteiger partial charge in [-0.2, -0.15) is 0 Å². The van der Waals surface area contributed by atoms with Gasteiger partial charge in [0.25, 0.3) is 0 Å². The Balaban J connectivity index is 1.14. The SMILES string of the molecule is CC(C)(C)c1cc(-c2csc(C3CCN(C(=O)Cn4cnc5cccnc54)CC3)c2)nc(C2(C)CC2)n1. The molecule has 0 bridgehead atoms. The molecule has 1 amide bonds. The summed E-state index contributed by atoms with van der Waals surface area (Å²) < 4.78 is 1.85.